The van der Waals surface area contributed by atoms with E-state index in [0.29, 0.717) is 19.1 Å². The second-order valence-electron chi connectivity index (χ2n) is 5.59. The number of carbonyl (C=O) groups is 1. The van der Waals surface area contributed by atoms with Crippen molar-refractivity contribution in [3.05, 3.63) is 29.8 Å². The molecule has 1 aromatic rings. The molecule has 0 saturated carbocycles. The lowest BCUT2D eigenvalue weighted by molar-refractivity contribution is -0.141. The molecule has 4 heteroatoms. The molecule has 0 spiro atoms. The topological polar surface area (TPSA) is 43.8 Å². The van der Waals surface area contributed by atoms with Gasteiger partial charge < -0.3 is 14.9 Å². The highest BCUT2D eigenvalue weighted by Gasteiger charge is 2.29. The van der Waals surface area contributed by atoms with Crippen molar-refractivity contribution in [3.8, 4) is 0 Å². The Bertz CT molecular complexity index is 444. The van der Waals surface area contributed by atoms with Gasteiger partial charge >= 0.3 is 5.97 Å². The fourth-order valence-electron chi connectivity index (χ4n) is 2.73. The van der Waals surface area contributed by atoms with Crippen LogP contribution in [0.25, 0.3) is 0 Å². The number of hydrogen-bond acceptors (Lipinski definition) is 3. The van der Waals surface area contributed by atoms with E-state index in [-0.39, 0.29) is 5.92 Å². The zero-order chi connectivity index (χ0) is 14.0. The van der Waals surface area contributed by atoms with E-state index in [9.17, 15) is 9.90 Å². The maximum atomic E-state index is 11.3. The van der Waals surface area contributed by atoms with E-state index in [1.165, 1.54) is 5.56 Å². The quantitative estimate of drug-likeness (QED) is 0.883. The second-order valence-corrected chi connectivity index (χ2v) is 5.59. The zero-order valence-electron chi connectivity index (χ0n) is 11.8. The summed E-state index contributed by atoms with van der Waals surface area (Å²) in [4.78, 5) is 15.7. The number of benzene rings is 1. The minimum Gasteiger partial charge on any atom is -0.481 e. The van der Waals surface area contributed by atoms with E-state index in [4.69, 9.17) is 0 Å². The lowest BCUT2D eigenvalue weighted by Crippen LogP contribution is -2.39. The Balaban J connectivity index is 2.25. The number of rotatable bonds is 2. The minimum atomic E-state index is -0.710. The van der Waals surface area contributed by atoms with Gasteiger partial charge in [0, 0.05) is 31.4 Å². The molecule has 0 aromatic heterocycles. The summed E-state index contributed by atoms with van der Waals surface area (Å²) in [6.07, 6.45) is 0. The van der Waals surface area contributed by atoms with Gasteiger partial charge in [0.05, 0.1) is 5.92 Å². The van der Waals surface area contributed by atoms with Gasteiger partial charge in [0.25, 0.3) is 0 Å². The van der Waals surface area contributed by atoms with Crippen LogP contribution in [0.1, 0.15) is 12.5 Å². The van der Waals surface area contributed by atoms with Crippen LogP contribution in [0.4, 0.5) is 5.69 Å². The molecule has 1 heterocycles. The molecule has 19 heavy (non-hydrogen) atoms. The Morgan fingerprint density at radius 2 is 1.84 bits per heavy atom. The first-order chi connectivity index (χ1) is 8.97. The van der Waals surface area contributed by atoms with Gasteiger partial charge in [-0.15, -0.1) is 0 Å². The van der Waals surface area contributed by atoms with Crippen LogP contribution >= 0.6 is 0 Å². The highest BCUT2D eigenvalue weighted by Crippen LogP contribution is 2.22. The number of nitrogens with zero attached hydrogens (tertiary/aromatic N) is 2. The van der Waals surface area contributed by atoms with Crippen molar-refractivity contribution < 1.29 is 9.90 Å². The summed E-state index contributed by atoms with van der Waals surface area (Å²) in [5, 5.41) is 9.32. The first kappa shape index (κ1) is 13.9. The smallest absolute Gasteiger partial charge is 0.309 e. The lowest BCUT2D eigenvalue weighted by Gasteiger charge is -2.31. The number of aliphatic carboxylic acids is 1. The van der Waals surface area contributed by atoms with E-state index in [1.807, 2.05) is 7.05 Å². The Morgan fingerprint density at radius 3 is 2.42 bits per heavy atom. The fraction of sp³-hybridized carbons (Fsp3) is 0.533. The molecule has 1 N–H and O–H groups in total. The average molecular weight is 262 g/mol. The summed E-state index contributed by atoms with van der Waals surface area (Å²) in [7, 11) is 1.99. The second kappa shape index (κ2) is 5.61. The van der Waals surface area contributed by atoms with Gasteiger partial charge in [0.15, 0.2) is 0 Å². The number of carboxylic acid groups (broad SMARTS) is 1. The van der Waals surface area contributed by atoms with Crippen molar-refractivity contribution in [2.75, 3.05) is 31.6 Å². The molecule has 0 aliphatic carbocycles. The van der Waals surface area contributed by atoms with Gasteiger partial charge in [0.1, 0.15) is 0 Å². The molecule has 104 valence electrons. The Labute approximate surface area is 114 Å². The van der Waals surface area contributed by atoms with Crippen LogP contribution < -0.4 is 4.90 Å². The zero-order valence-corrected chi connectivity index (χ0v) is 11.8. The molecule has 1 aromatic carbocycles. The SMILES string of the molecule is Cc1ccc(N2CC(C(=O)O)CN(C)CC2C)cc1. The molecule has 0 amide bonds. The normalized spacial score (nSPS) is 25.1. The summed E-state index contributed by atoms with van der Waals surface area (Å²) >= 11 is 0. The Hall–Kier alpha value is -1.55. The van der Waals surface area contributed by atoms with Gasteiger partial charge in [0.2, 0.25) is 0 Å². The molecule has 0 bridgehead atoms. The molecule has 1 aliphatic heterocycles. The van der Waals surface area contributed by atoms with Gasteiger partial charge in [-0.3, -0.25) is 4.79 Å². The highest BCUT2D eigenvalue weighted by atomic mass is 16.4. The lowest BCUT2D eigenvalue weighted by atomic mass is 10.1. The van der Waals surface area contributed by atoms with Crippen LogP contribution in [0.5, 0.6) is 0 Å². The standard InChI is InChI=1S/C15H22N2O2/c1-11-4-6-14(7-5-11)17-10-13(15(18)19)9-16(3)8-12(17)2/h4-7,12-13H,8-10H2,1-3H3,(H,18,19). The predicted octanol–water partition coefficient (Wildman–Crippen LogP) is 1.84. The third-order valence-corrected chi connectivity index (χ3v) is 3.77. The highest BCUT2D eigenvalue weighted by molar-refractivity contribution is 5.71. The van der Waals surface area contributed by atoms with Crippen molar-refractivity contribution in [2.45, 2.75) is 19.9 Å². The van der Waals surface area contributed by atoms with Gasteiger partial charge in [-0.25, -0.2) is 0 Å². The molecule has 2 rings (SSSR count). The number of aryl methyl sites for hydroxylation is 1. The summed E-state index contributed by atoms with van der Waals surface area (Å²) in [6.45, 7) is 6.29. The molecule has 1 aliphatic rings. The van der Waals surface area contributed by atoms with E-state index in [0.717, 1.165) is 12.2 Å². The maximum Gasteiger partial charge on any atom is 0.309 e. The Morgan fingerprint density at radius 1 is 1.21 bits per heavy atom. The van der Waals surface area contributed by atoms with E-state index >= 15 is 0 Å². The minimum absolute atomic E-state index is 0.317. The first-order valence-corrected chi connectivity index (χ1v) is 6.72. The molecule has 2 atom stereocenters. The molecule has 4 nitrogen and oxygen atoms in total. The largest absolute Gasteiger partial charge is 0.481 e. The van der Waals surface area contributed by atoms with Crippen molar-refractivity contribution in [1.29, 1.82) is 0 Å². The number of anilines is 1. The monoisotopic (exact) mass is 262 g/mol. The average Bonchev–Trinajstić information content (AvgIpc) is 2.49. The van der Waals surface area contributed by atoms with Crippen molar-refractivity contribution in [2.24, 2.45) is 5.92 Å². The molecule has 0 radical (unpaired) electrons. The van der Waals surface area contributed by atoms with Crippen molar-refractivity contribution in [1.82, 2.24) is 4.90 Å². The molecule has 2 unspecified atom stereocenters. The van der Waals surface area contributed by atoms with E-state index in [2.05, 4.69) is 47.9 Å². The summed E-state index contributed by atoms with van der Waals surface area (Å²) in [5.41, 5.74) is 2.33. The number of likely N-dealkylation sites (N-methyl/N-ethyl adjacent to an activating group) is 1. The van der Waals surface area contributed by atoms with Crippen LogP contribution in [0, 0.1) is 12.8 Å². The third kappa shape index (κ3) is 3.26. The van der Waals surface area contributed by atoms with Crippen LogP contribution in [-0.4, -0.2) is 48.7 Å². The fourth-order valence-corrected chi connectivity index (χ4v) is 2.73. The number of carboxylic acids is 1. The Kier molecular flexibility index (Phi) is 4.10. The summed E-state index contributed by atoms with van der Waals surface area (Å²) in [6, 6.07) is 8.63. The molecular formula is C15H22N2O2. The van der Waals surface area contributed by atoms with Crippen molar-refractivity contribution >= 4 is 11.7 Å². The molecule has 1 fully saturated rings. The summed E-state index contributed by atoms with van der Waals surface area (Å²) in [5.74, 6) is -1.05. The molecule has 1 saturated heterocycles. The predicted molar refractivity (Wildman–Crippen MR) is 76.6 cm³/mol. The van der Waals surface area contributed by atoms with Crippen LogP contribution in [0.3, 0.4) is 0 Å². The van der Waals surface area contributed by atoms with Gasteiger partial charge in [-0.05, 0) is 33.0 Å². The maximum absolute atomic E-state index is 11.3. The van der Waals surface area contributed by atoms with Crippen molar-refractivity contribution in [3.63, 3.8) is 0 Å². The number of hydrogen-bond donors (Lipinski definition) is 1. The third-order valence-electron chi connectivity index (χ3n) is 3.77. The van der Waals surface area contributed by atoms with Crippen LogP contribution in [0.2, 0.25) is 0 Å². The van der Waals surface area contributed by atoms with E-state index < -0.39 is 5.97 Å². The van der Waals surface area contributed by atoms with Crippen LogP contribution in [0.15, 0.2) is 24.3 Å². The summed E-state index contributed by atoms with van der Waals surface area (Å²) < 4.78 is 0. The van der Waals surface area contributed by atoms with Gasteiger partial charge in [-0.1, -0.05) is 17.7 Å². The molecular weight excluding hydrogens is 240 g/mol. The first-order valence-electron chi connectivity index (χ1n) is 6.72. The van der Waals surface area contributed by atoms with Gasteiger partial charge in [-0.2, -0.15) is 0 Å². The van der Waals surface area contributed by atoms with Crippen LogP contribution in [-0.2, 0) is 4.79 Å². The van der Waals surface area contributed by atoms with E-state index in [1.54, 1.807) is 0 Å².